The third kappa shape index (κ3) is 6.97. The van der Waals surface area contributed by atoms with Gasteiger partial charge >= 0.3 is 0 Å². The van der Waals surface area contributed by atoms with Gasteiger partial charge in [0, 0.05) is 38.5 Å². The Balaban J connectivity index is 1.11. The molecule has 2 aromatic rings. The zero-order chi connectivity index (χ0) is 26.3. The SMILES string of the molecule is CC(=O)C(c1cc(F)ccc1CO[C@@H]1CCOC1)N1CC[C@@H](OCCCCc2ccc3c(n2)NCCC3)C1. The number of unbranched alkanes of at least 4 members (excludes halogenated alkanes) is 1. The first-order valence-corrected chi connectivity index (χ1v) is 14.1. The molecule has 3 aliphatic heterocycles. The van der Waals surface area contributed by atoms with E-state index in [1.54, 1.807) is 13.0 Å². The van der Waals surface area contributed by atoms with E-state index in [0.717, 1.165) is 68.7 Å². The first-order chi connectivity index (χ1) is 18.6. The Morgan fingerprint density at radius 3 is 2.97 bits per heavy atom. The molecule has 1 unspecified atom stereocenters. The van der Waals surface area contributed by atoms with Gasteiger partial charge in [-0.15, -0.1) is 0 Å². The van der Waals surface area contributed by atoms with Crippen molar-refractivity contribution < 1.29 is 23.4 Å². The Morgan fingerprint density at radius 2 is 2.13 bits per heavy atom. The molecule has 4 heterocycles. The van der Waals surface area contributed by atoms with Gasteiger partial charge in [0.15, 0.2) is 5.78 Å². The van der Waals surface area contributed by atoms with Crippen LogP contribution in [-0.4, -0.2) is 67.3 Å². The summed E-state index contributed by atoms with van der Waals surface area (Å²) in [4.78, 5) is 19.7. The summed E-state index contributed by atoms with van der Waals surface area (Å²) in [7, 11) is 0. The number of anilines is 1. The number of aryl methyl sites for hydroxylation is 2. The van der Waals surface area contributed by atoms with Crippen LogP contribution in [0.15, 0.2) is 30.3 Å². The summed E-state index contributed by atoms with van der Waals surface area (Å²) >= 11 is 0. The summed E-state index contributed by atoms with van der Waals surface area (Å²) in [5.41, 5.74) is 4.00. The summed E-state index contributed by atoms with van der Waals surface area (Å²) in [5, 5.41) is 3.40. The van der Waals surface area contributed by atoms with Gasteiger partial charge in [-0.2, -0.15) is 0 Å². The fraction of sp³-hybridized carbons (Fsp3) is 0.600. The molecule has 0 radical (unpaired) electrons. The van der Waals surface area contributed by atoms with Crippen molar-refractivity contribution in [1.29, 1.82) is 0 Å². The monoisotopic (exact) mass is 525 g/mol. The molecule has 5 rings (SSSR count). The van der Waals surface area contributed by atoms with Gasteiger partial charge in [-0.05, 0) is 86.8 Å². The normalized spacial score (nSPS) is 22.3. The van der Waals surface area contributed by atoms with Crippen LogP contribution in [-0.2, 0) is 38.5 Å². The maximum Gasteiger partial charge on any atom is 0.151 e. The number of fused-ring (bicyclic) bond motifs is 1. The standard InChI is InChI=1S/C30H40FN3O4/c1-21(35)29(28-17-24(31)9-7-23(28)19-38-27-12-16-36-20-27)34-14-11-26(18-34)37-15-3-2-6-25-10-8-22-5-4-13-32-30(22)33-25/h7-10,17,26-27,29H,2-6,11-16,18-20H2,1H3,(H,32,33)/t26-,27-,29?/m1/s1. The lowest BCUT2D eigenvalue weighted by Gasteiger charge is -2.28. The van der Waals surface area contributed by atoms with E-state index >= 15 is 0 Å². The number of ether oxygens (including phenoxy) is 3. The lowest BCUT2D eigenvalue weighted by molar-refractivity contribution is -0.122. The van der Waals surface area contributed by atoms with E-state index in [-0.39, 0.29) is 23.8 Å². The van der Waals surface area contributed by atoms with Crippen LogP contribution < -0.4 is 5.32 Å². The molecule has 1 N–H and O–H groups in total. The van der Waals surface area contributed by atoms with Crippen molar-refractivity contribution in [3.63, 3.8) is 0 Å². The van der Waals surface area contributed by atoms with E-state index in [0.29, 0.717) is 38.5 Å². The minimum absolute atomic E-state index is 0.00809. The minimum atomic E-state index is -0.499. The van der Waals surface area contributed by atoms with Crippen molar-refractivity contribution >= 4 is 11.6 Å². The number of aromatic nitrogens is 1. The zero-order valence-corrected chi connectivity index (χ0v) is 22.4. The molecule has 3 aliphatic rings. The fourth-order valence-corrected chi connectivity index (χ4v) is 5.77. The summed E-state index contributed by atoms with van der Waals surface area (Å²) in [6.07, 6.45) is 7.06. The zero-order valence-electron chi connectivity index (χ0n) is 22.4. The minimum Gasteiger partial charge on any atom is -0.379 e. The third-order valence-electron chi connectivity index (χ3n) is 7.82. The molecule has 206 valence electrons. The number of hydrogen-bond donors (Lipinski definition) is 1. The summed E-state index contributed by atoms with van der Waals surface area (Å²) in [5.74, 6) is 0.723. The number of hydrogen-bond acceptors (Lipinski definition) is 7. The first kappa shape index (κ1) is 27.2. The van der Waals surface area contributed by atoms with Crippen LogP contribution in [0.1, 0.15) is 67.5 Å². The number of carbonyl (C=O) groups is 1. The Hall–Kier alpha value is -2.39. The van der Waals surface area contributed by atoms with Gasteiger partial charge in [0.05, 0.1) is 31.5 Å². The van der Waals surface area contributed by atoms with Crippen LogP contribution >= 0.6 is 0 Å². The van der Waals surface area contributed by atoms with E-state index in [9.17, 15) is 9.18 Å². The van der Waals surface area contributed by atoms with Crippen molar-refractivity contribution in [3.05, 3.63) is 58.5 Å². The molecule has 0 spiro atoms. The average Bonchev–Trinajstić information content (AvgIpc) is 3.60. The lowest BCUT2D eigenvalue weighted by Crippen LogP contribution is -2.33. The molecule has 0 amide bonds. The van der Waals surface area contributed by atoms with Gasteiger partial charge in [0.1, 0.15) is 11.6 Å². The number of halogens is 1. The van der Waals surface area contributed by atoms with Gasteiger partial charge in [-0.1, -0.05) is 12.1 Å². The molecule has 2 saturated heterocycles. The van der Waals surface area contributed by atoms with Crippen molar-refractivity contribution in [1.82, 2.24) is 9.88 Å². The van der Waals surface area contributed by atoms with Crippen LogP contribution in [0, 0.1) is 5.82 Å². The second-order valence-corrected chi connectivity index (χ2v) is 10.7. The number of nitrogens with zero attached hydrogens (tertiary/aromatic N) is 2. The number of benzene rings is 1. The number of Topliss-reactive ketones (excluding diaryl/α,β-unsaturated/α-hetero) is 1. The van der Waals surface area contributed by atoms with Crippen LogP contribution in [0.4, 0.5) is 10.2 Å². The first-order valence-electron chi connectivity index (χ1n) is 14.1. The van der Waals surface area contributed by atoms with Crippen molar-refractivity contribution in [3.8, 4) is 0 Å². The Labute approximate surface area is 225 Å². The van der Waals surface area contributed by atoms with Gasteiger partial charge in [-0.25, -0.2) is 9.37 Å². The molecular weight excluding hydrogens is 485 g/mol. The number of nitrogens with one attached hydrogen (secondary N) is 1. The summed E-state index contributed by atoms with van der Waals surface area (Å²) in [6.45, 7) is 6.32. The Bertz CT molecular complexity index is 1090. The van der Waals surface area contributed by atoms with Crippen LogP contribution in [0.2, 0.25) is 0 Å². The van der Waals surface area contributed by atoms with E-state index in [2.05, 4.69) is 22.3 Å². The van der Waals surface area contributed by atoms with E-state index in [1.165, 1.54) is 24.1 Å². The average molecular weight is 526 g/mol. The largest absolute Gasteiger partial charge is 0.379 e. The van der Waals surface area contributed by atoms with E-state index in [1.807, 2.05) is 0 Å². The fourth-order valence-electron chi connectivity index (χ4n) is 5.77. The van der Waals surface area contributed by atoms with E-state index < -0.39 is 6.04 Å². The molecule has 3 atom stereocenters. The van der Waals surface area contributed by atoms with Crippen molar-refractivity contribution in [2.75, 3.05) is 44.8 Å². The predicted molar refractivity (Wildman–Crippen MR) is 144 cm³/mol. The molecular formula is C30H40FN3O4. The number of ketones is 1. The number of carbonyl (C=O) groups excluding carboxylic acids is 1. The Kier molecular flexibility index (Phi) is 9.38. The van der Waals surface area contributed by atoms with Gasteiger partial charge in [0.2, 0.25) is 0 Å². The third-order valence-corrected chi connectivity index (χ3v) is 7.82. The Morgan fingerprint density at radius 1 is 1.21 bits per heavy atom. The van der Waals surface area contributed by atoms with E-state index in [4.69, 9.17) is 19.2 Å². The molecule has 8 heteroatoms. The molecule has 38 heavy (non-hydrogen) atoms. The summed E-state index contributed by atoms with van der Waals surface area (Å²) in [6, 6.07) is 8.54. The highest BCUT2D eigenvalue weighted by molar-refractivity contribution is 5.83. The number of rotatable bonds is 12. The highest BCUT2D eigenvalue weighted by Gasteiger charge is 2.34. The van der Waals surface area contributed by atoms with Crippen LogP contribution in [0.3, 0.4) is 0 Å². The maximum atomic E-state index is 14.3. The number of pyridine rings is 1. The van der Waals surface area contributed by atoms with Crippen molar-refractivity contribution in [2.45, 2.75) is 76.7 Å². The second kappa shape index (κ2) is 13.1. The predicted octanol–water partition coefficient (Wildman–Crippen LogP) is 4.63. The van der Waals surface area contributed by atoms with Crippen LogP contribution in [0.25, 0.3) is 0 Å². The molecule has 1 aromatic carbocycles. The van der Waals surface area contributed by atoms with Gasteiger partial charge in [0.25, 0.3) is 0 Å². The molecule has 0 saturated carbocycles. The lowest BCUT2D eigenvalue weighted by atomic mass is 9.96. The highest BCUT2D eigenvalue weighted by atomic mass is 19.1. The maximum absolute atomic E-state index is 14.3. The molecule has 2 fully saturated rings. The number of likely N-dealkylation sites (tertiary alicyclic amines) is 1. The molecule has 0 aliphatic carbocycles. The molecule has 0 bridgehead atoms. The van der Waals surface area contributed by atoms with Crippen molar-refractivity contribution in [2.24, 2.45) is 0 Å². The molecule has 7 nitrogen and oxygen atoms in total. The second-order valence-electron chi connectivity index (χ2n) is 10.7. The summed E-state index contributed by atoms with van der Waals surface area (Å²) < 4.78 is 31.9. The topological polar surface area (TPSA) is 72.9 Å². The highest BCUT2D eigenvalue weighted by Crippen LogP contribution is 2.31. The smallest absolute Gasteiger partial charge is 0.151 e. The van der Waals surface area contributed by atoms with Gasteiger partial charge in [-0.3, -0.25) is 9.69 Å². The molecule has 1 aromatic heterocycles. The van der Waals surface area contributed by atoms with Crippen LogP contribution in [0.5, 0.6) is 0 Å². The van der Waals surface area contributed by atoms with Gasteiger partial charge < -0.3 is 19.5 Å². The quantitative estimate of drug-likeness (QED) is 0.405.